The molecule has 218 valence electrons. The minimum Gasteiger partial charge on any atom is -0.489 e. The number of piperazine rings is 1. The number of likely N-dealkylation sites (N-methyl/N-ethyl adjacent to an activating group) is 1. The second kappa shape index (κ2) is 11.0. The van der Waals surface area contributed by atoms with Crippen LogP contribution in [0.15, 0.2) is 48.5 Å². The van der Waals surface area contributed by atoms with Gasteiger partial charge in [0.05, 0.1) is 5.52 Å². The van der Waals surface area contributed by atoms with Gasteiger partial charge in [0.25, 0.3) is 5.91 Å². The second-order valence-corrected chi connectivity index (χ2v) is 12.0. The molecule has 1 aromatic heterocycles. The number of hydrogen-bond acceptors (Lipinski definition) is 8. The molecule has 3 fully saturated rings. The Kier molecular flexibility index (Phi) is 7.03. The highest BCUT2D eigenvalue weighted by Gasteiger charge is 2.39. The fraction of sp³-hybridized carbons (Fsp3) is 0.438. The van der Waals surface area contributed by atoms with Crippen LogP contribution in [0.1, 0.15) is 40.7 Å². The fourth-order valence-corrected chi connectivity index (χ4v) is 6.59. The van der Waals surface area contributed by atoms with E-state index in [4.69, 9.17) is 9.72 Å². The van der Waals surface area contributed by atoms with E-state index >= 15 is 0 Å². The van der Waals surface area contributed by atoms with Crippen molar-refractivity contribution in [1.82, 2.24) is 25.0 Å². The summed E-state index contributed by atoms with van der Waals surface area (Å²) < 4.78 is 6.35. The summed E-state index contributed by atoms with van der Waals surface area (Å²) in [6.45, 7) is 7.14. The topological polar surface area (TPSA) is 98.3 Å². The molecule has 10 nitrogen and oxygen atoms in total. The number of amides is 3. The SMILES string of the molecule is CN1CCN(c2ccc3cc(CN4CC[C@H](Oc5ccc6c(c5)CN(C5CCC(=O)NC5=O)C6=O)C4)ccc3n2)CC1. The minimum atomic E-state index is -0.611. The van der Waals surface area contributed by atoms with E-state index in [2.05, 4.69) is 57.4 Å². The van der Waals surface area contributed by atoms with Gasteiger partial charge < -0.3 is 19.4 Å². The van der Waals surface area contributed by atoms with E-state index in [1.165, 1.54) is 5.56 Å². The quantitative estimate of drug-likeness (QED) is 0.453. The van der Waals surface area contributed by atoms with Crippen molar-refractivity contribution in [2.45, 2.75) is 44.5 Å². The Hall–Kier alpha value is -4.02. The van der Waals surface area contributed by atoms with Crippen LogP contribution in [-0.2, 0) is 22.7 Å². The lowest BCUT2D eigenvalue weighted by Gasteiger charge is -2.33. The number of benzene rings is 2. The first-order chi connectivity index (χ1) is 20.4. The van der Waals surface area contributed by atoms with Gasteiger partial charge in [-0.25, -0.2) is 4.98 Å². The number of nitrogens with zero attached hydrogens (tertiary/aromatic N) is 5. The van der Waals surface area contributed by atoms with Crippen molar-refractivity contribution in [3.05, 3.63) is 65.2 Å². The van der Waals surface area contributed by atoms with Crippen LogP contribution in [0.4, 0.5) is 5.82 Å². The molecule has 0 radical (unpaired) electrons. The number of carbonyl (C=O) groups excluding carboxylic acids is 3. The molecule has 3 saturated heterocycles. The Morgan fingerprint density at radius 1 is 0.952 bits per heavy atom. The summed E-state index contributed by atoms with van der Waals surface area (Å²) in [5.41, 5.74) is 3.75. The second-order valence-electron chi connectivity index (χ2n) is 12.0. The van der Waals surface area contributed by atoms with Crippen molar-refractivity contribution in [3.63, 3.8) is 0 Å². The molecule has 0 spiro atoms. The standard InChI is InChI=1S/C32H36N6O4/c1-35-12-14-37(15-13-35)29-8-3-22-16-21(2-6-27(22)33-29)18-36-11-10-25(20-36)42-24-4-5-26-23(17-24)19-38(32(26)41)28-7-9-30(39)34-31(28)40/h2-6,8,16-17,25,28H,7,9-15,18-20H2,1H3,(H,34,39,40)/t25-,28?/m0/s1. The lowest BCUT2D eigenvalue weighted by atomic mass is 10.0. The number of pyridine rings is 1. The van der Waals surface area contributed by atoms with Gasteiger partial charge in [-0.2, -0.15) is 0 Å². The van der Waals surface area contributed by atoms with E-state index in [0.29, 0.717) is 18.5 Å². The molecule has 4 aliphatic rings. The third kappa shape index (κ3) is 5.32. The monoisotopic (exact) mass is 568 g/mol. The van der Waals surface area contributed by atoms with Gasteiger partial charge in [0, 0.05) is 69.7 Å². The van der Waals surface area contributed by atoms with Gasteiger partial charge in [-0.15, -0.1) is 0 Å². The predicted molar refractivity (Wildman–Crippen MR) is 158 cm³/mol. The number of likely N-dealkylation sites (tertiary alicyclic amines) is 1. The summed E-state index contributed by atoms with van der Waals surface area (Å²) in [6.07, 6.45) is 1.61. The number of nitrogens with one attached hydrogen (secondary N) is 1. The number of imide groups is 1. The third-order valence-electron chi connectivity index (χ3n) is 9.00. The van der Waals surface area contributed by atoms with E-state index < -0.39 is 11.9 Å². The zero-order valence-corrected chi connectivity index (χ0v) is 23.9. The van der Waals surface area contributed by atoms with Crippen molar-refractivity contribution in [3.8, 4) is 5.75 Å². The largest absolute Gasteiger partial charge is 0.489 e. The Balaban J connectivity index is 0.953. The molecular formula is C32H36N6O4. The van der Waals surface area contributed by atoms with Crippen LogP contribution in [-0.4, -0.2) is 95.9 Å². The van der Waals surface area contributed by atoms with E-state index in [1.807, 2.05) is 12.1 Å². The maximum Gasteiger partial charge on any atom is 0.255 e. The fourth-order valence-electron chi connectivity index (χ4n) is 6.59. The number of ether oxygens (including phenoxy) is 1. The van der Waals surface area contributed by atoms with E-state index in [9.17, 15) is 14.4 Å². The summed E-state index contributed by atoms with van der Waals surface area (Å²) in [4.78, 5) is 50.5. The van der Waals surface area contributed by atoms with E-state index in [-0.39, 0.29) is 24.3 Å². The van der Waals surface area contributed by atoms with Crippen molar-refractivity contribution in [1.29, 1.82) is 0 Å². The zero-order valence-electron chi connectivity index (χ0n) is 23.9. The van der Waals surface area contributed by atoms with Gasteiger partial charge in [-0.1, -0.05) is 6.07 Å². The van der Waals surface area contributed by atoms with Gasteiger partial charge in [0.15, 0.2) is 0 Å². The average Bonchev–Trinajstić information content (AvgIpc) is 3.56. The highest BCUT2D eigenvalue weighted by atomic mass is 16.5. The van der Waals surface area contributed by atoms with Crippen LogP contribution in [0.5, 0.6) is 5.75 Å². The van der Waals surface area contributed by atoms with Crippen molar-refractivity contribution in [2.24, 2.45) is 0 Å². The number of carbonyl (C=O) groups is 3. The molecule has 3 amide bonds. The molecule has 4 aliphatic heterocycles. The molecule has 10 heteroatoms. The van der Waals surface area contributed by atoms with Crippen LogP contribution in [0, 0.1) is 0 Å². The first kappa shape index (κ1) is 26.9. The lowest BCUT2D eigenvalue weighted by molar-refractivity contribution is -0.136. The molecule has 0 aliphatic carbocycles. The summed E-state index contributed by atoms with van der Waals surface area (Å²) in [6, 6.07) is 15.9. The highest BCUT2D eigenvalue weighted by Crippen LogP contribution is 2.31. The first-order valence-electron chi connectivity index (χ1n) is 14.9. The van der Waals surface area contributed by atoms with Gasteiger partial charge in [0.2, 0.25) is 11.8 Å². The molecule has 3 aromatic rings. The van der Waals surface area contributed by atoms with Crippen LogP contribution >= 0.6 is 0 Å². The number of rotatable bonds is 6. The molecule has 0 bridgehead atoms. The predicted octanol–water partition coefficient (Wildman–Crippen LogP) is 2.40. The Bertz CT molecular complexity index is 1550. The average molecular weight is 569 g/mol. The third-order valence-corrected chi connectivity index (χ3v) is 9.00. The van der Waals surface area contributed by atoms with E-state index in [1.54, 1.807) is 11.0 Å². The molecule has 1 unspecified atom stereocenters. The zero-order chi connectivity index (χ0) is 28.8. The molecule has 42 heavy (non-hydrogen) atoms. The van der Waals surface area contributed by atoms with Gasteiger partial charge >= 0.3 is 0 Å². The normalized spacial score (nSPS) is 23.5. The maximum atomic E-state index is 13.0. The molecule has 2 atom stereocenters. The van der Waals surface area contributed by atoms with Gasteiger partial charge in [-0.05, 0) is 73.5 Å². The number of hydrogen-bond donors (Lipinski definition) is 1. The number of piperidine rings is 1. The van der Waals surface area contributed by atoms with Crippen molar-refractivity contribution in [2.75, 3.05) is 51.2 Å². The Morgan fingerprint density at radius 3 is 2.64 bits per heavy atom. The number of aromatic nitrogens is 1. The molecule has 1 N–H and O–H groups in total. The smallest absolute Gasteiger partial charge is 0.255 e. The Labute approximate surface area is 245 Å². The molecule has 0 saturated carbocycles. The van der Waals surface area contributed by atoms with E-state index in [0.717, 1.165) is 80.3 Å². The molecular weight excluding hydrogens is 532 g/mol. The summed E-state index contributed by atoms with van der Waals surface area (Å²) >= 11 is 0. The number of anilines is 1. The molecule has 7 rings (SSSR count). The first-order valence-corrected chi connectivity index (χ1v) is 14.9. The minimum absolute atomic E-state index is 0.0691. The lowest BCUT2D eigenvalue weighted by Crippen LogP contribution is -2.52. The van der Waals surface area contributed by atoms with Crippen LogP contribution < -0.4 is 15.0 Å². The highest BCUT2D eigenvalue weighted by molar-refractivity contribution is 6.05. The maximum absolute atomic E-state index is 13.0. The van der Waals surface area contributed by atoms with Gasteiger partial charge in [0.1, 0.15) is 23.7 Å². The summed E-state index contributed by atoms with van der Waals surface area (Å²) in [5.74, 6) is 0.954. The van der Waals surface area contributed by atoms with Crippen LogP contribution in [0.25, 0.3) is 10.9 Å². The Morgan fingerprint density at radius 2 is 1.81 bits per heavy atom. The molecule has 2 aromatic carbocycles. The number of fused-ring (bicyclic) bond motifs is 2. The molecule has 5 heterocycles. The van der Waals surface area contributed by atoms with Gasteiger partial charge in [-0.3, -0.25) is 24.6 Å². The van der Waals surface area contributed by atoms with Crippen LogP contribution in [0.3, 0.4) is 0 Å². The summed E-state index contributed by atoms with van der Waals surface area (Å²) in [5, 5.41) is 3.52. The summed E-state index contributed by atoms with van der Waals surface area (Å²) in [7, 11) is 2.16. The van der Waals surface area contributed by atoms with Crippen molar-refractivity contribution >= 4 is 34.4 Å². The van der Waals surface area contributed by atoms with Crippen LogP contribution in [0.2, 0.25) is 0 Å². The van der Waals surface area contributed by atoms with Crippen molar-refractivity contribution < 1.29 is 19.1 Å².